The van der Waals surface area contributed by atoms with E-state index in [9.17, 15) is 4.79 Å². The molecule has 3 aromatic rings. The molecule has 1 heterocycles. The lowest BCUT2D eigenvalue weighted by Gasteiger charge is -2.18. The van der Waals surface area contributed by atoms with Crippen molar-refractivity contribution in [2.75, 3.05) is 20.2 Å². The first kappa shape index (κ1) is 24.7. The highest BCUT2D eigenvalue weighted by atomic mass is 35.5. The van der Waals surface area contributed by atoms with Crippen molar-refractivity contribution in [3.8, 4) is 28.6 Å². The van der Waals surface area contributed by atoms with Gasteiger partial charge in [-0.15, -0.1) is 0 Å². The van der Waals surface area contributed by atoms with Gasteiger partial charge in [0.2, 0.25) is 5.82 Å². The number of carbonyl (C=O) groups excluding carboxylic acids is 1. The molecule has 0 spiro atoms. The average Bonchev–Trinajstić information content (AvgIpc) is 3.23. The van der Waals surface area contributed by atoms with E-state index in [0.29, 0.717) is 35.6 Å². The number of nitrogens with zero attached hydrogens (tertiary/aromatic N) is 3. The van der Waals surface area contributed by atoms with Gasteiger partial charge in [-0.2, -0.15) is 4.98 Å². The van der Waals surface area contributed by atoms with Crippen molar-refractivity contribution in [2.45, 2.75) is 47.3 Å². The molecule has 0 atom stereocenters. The molecule has 0 aliphatic heterocycles. The highest BCUT2D eigenvalue weighted by Crippen LogP contribution is 2.32. The van der Waals surface area contributed by atoms with Gasteiger partial charge in [0.1, 0.15) is 5.75 Å². The van der Waals surface area contributed by atoms with Crippen molar-refractivity contribution in [1.29, 1.82) is 0 Å². The van der Waals surface area contributed by atoms with Crippen LogP contribution < -0.4 is 4.74 Å². The van der Waals surface area contributed by atoms with Crippen molar-refractivity contribution in [1.82, 2.24) is 15.0 Å². The fourth-order valence-corrected chi connectivity index (χ4v) is 3.72. The summed E-state index contributed by atoms with van der Waals surface area (Å²) in [6.07, 6.45) is 0.0301. The van der Waals surface area contributed by atoms with E-state index in [2.05, 4.69) is 17.1 Å². The fraction of sp³-hybridized carbons (Fsp3) is 0.400. The van der Waals surface area contributed by atoms with Gasteiger partial charge in [0.25, 0.3) is 5.89 Å². The number of rotatable bonds is 9. The van der Waals surface area contributed by atoms with Gasteiger partial charge in [0.05, 0.1) is 24.3 Å². The zero-order valence-corrected chi connectivity index (χ0v) is 20.7. The third kappa shape index (κ3) is 6.12. The fourth-order valence-electron chi connectivity index (χ4n) is 3.50. The van der Waals surface area contributed by atoms with E-state index >= 15 is 0 Å². The molecule has 176 valence electrons. The van der Waals surface area contributed by atoms with Crippen LogP contribution in [-0.2, 0) is 16.1 Å². The first-order chi connectivity index (χ1) is 15.7. The number of carbonyl (C=O) groups is 1. The molecular weight excluding hydrogens is 442 g/mol. The second kappa shape index (κ2) is 10.8. The molecule has 0 amide bonds. The molecule has 2 aromatic carbocycles. The van der Waals surface area contributed by atoms with Gasteiger partial charge in [-0.05, 0) is 76.6 Å². The molecule has 0 radical (unpaired) electrons. The molecule has 0 unspecified atom stereocenters. The van der Waals surface area contributed by atoms with Crippen LogP contribution in [0.15, 0.2) is 34.9 Å². The lowest BCUT2D eigenvalue weighted by Crippen LogP contribution is -2.27. The Morgan fingerprint density at radius 3 is 2.61 bits per heavy atom. The van der Waals surface area contributed by atoms with Crippen LogP contribution in [0.2, 0.25) is 5.02 Å². The van der Waals surface area contributed by atoms with Crippen LogP contribution in [0.3, 0.4) is 0 Å². The number of ether oxygens (including phenoxy) is 2. The van der Waals surface area contributed by atoms with Gasteiger partial charge in [-0.1, -0.05) is 28.9 Å². The number of hydrogen-bond acceptors (Lipinski definition) is 7. The van der Waals surface area contributed by atoms with Crippen molar-refractivity contribution in [3.05, 3.63) is 52.0 Å². The summed E-state index contributed by atoms with van der Waals surface area (Å²) in [7, 11) is 1.90. The van der Waals surface area contributed by atoms with E-state index in [1.54, 1.807) is 19.1 Å². The topological polar surface area (TPSA) is 77.7 Å². The van der Waals surface area contributed by atoms with Gasteiger partial charge in [-0.25, -0.2) is 0 Å². The molecule has 0 fully saturated rings. The lowest BCUT2D eigenvalue weighted by molar-refractivity contribution is -0.144. The van der Waals surface area contributed by atoms with Crippen molar-refractivity contribution in [2.24, 2.45) is 0 Å². The Morgan fingerprint density at radius 1 is 1.18 bits per heavy atom. The molecule has 33 heavy (non-hydrogen) atoms. The Balaban J connectivity index is 1.79. The van der Waals surface area contributed by atoms with Gasteiger partial charge in [0.15, 0.2) is 0 Å². The molecular formula is C25H30ClN3O4. The second-order valence-electron chi connectivity index (χ2n) is 8.23. The third-order valence-corrected chi connectivity index (χ3v) is 5.55. The minimum atomic E-state index is -0.228. The minimum Gasteiger partial charge on any atom is -0.489 e. The lowest BCUT2D eigenvalue weighted by atomic mass is 9.97. The SMILES string of the molecule is CCOC(=O)CN(C)Cc1ccc(-c2noc(-c3ccc(OC(C)C)c(Cl)c3)n2)c(C)c1C. The highest BCUT2D eigenvalue weighted by molar-refractivity contribution is 6.32. The monoisotopic (exact) mass is 471 g/mol. The summed E-state index contributed by atoms with van der Waals surface area (Å²) in [5, 5.41) is 4.67. The highest BCUT2D eigenvalue weighted by Gasteiger charge is 2.17. The quantitative estimate of drug-likeness (QED) is 0.383. The molecule has 0 aliphatic rings. The van der Waals surface area contributed by atoms with Crippen LogP contribution >= 0.6 is 11.6 Å². The van der Waals surface area contributed by atoms with Gasteiger partial charge in [-0.3, -0.25) is 9.69 Å². The van der Waals surface area contributed by atoms with Crippen LogP contribution in [-0.4, -0.2) is 47.3 Å². The van der Waals surface area contributed by atoms with Crippen LogP contribution in [0.1, 0.15) is 37.5 Å². The molecule has 3 rings (SSSR count). The van der Waals surface area contributed by atoms with E-state index in [4.69, 9.17) is 25.6 Å². The zero-order chi connectivity index (χ0) is 24.1. The first-order valence-electron chi connectivity index (χ1n) is 10.9. The Kier molecular flexibility index (Phi) is 8.10. The Bertz CT molecular complexity index is 1130. The van der Waals surface area contributed by atoms with Crippen LogP contribution in [0.25, 0.3) is 22.8 Å². The number of likely N-dealkylation sites (N-methyl/N-ethyl adjacent to an activating group) is 1. The largest absolute Gasteiger partial charge is 0.489 e. The minimum absolute atomic E-state index is 0.0301. The maximum Gasteiger partial charge on any atom is 0.320 e. The summed E-state index contributed by atoms with van der Waals surface area (Å²) in [5.74, 6) is 1.29. The van der Waals surface area contributed by atoms with Gasteiger partial charge < -0.3 is 14.0 Å². The smallest absolute Gasteiger partial charge is 0.320 e. The Morgan fingerprint density at radius 2 is 1.94 bits per heavy atom. The molecule has 7 nitrogen and oxygen atoms in total. The Labute approximate surface area is 199 Å². The molecule has 0 aliphatic carbocycles. The number of benzene rings is 2. The van der Waals surface area contributed by atoms with Crippen molar-refractivity contribution >= 4 is 17.6 Å². The zero-order valence-electron chi connectivity index (χ0n) is 19.9. The second-order valence-corrected chi connectivity index (χ2v) is 8.64. The van der Waals surface area contributed by atoms with Crippen molar-refractivity contribution < 1.29 is 18.8 Å². The van der Waals surface area contributed by atoms with E-state index in [0.717, 1.165) is 27.8 Å². The maximum absolute atomic E-state index is 11.7. The molecule has 0 saturated carbocycles. The van der Waals surface area contributed by atoms with Crippen molar-refractivity contribution in [3.63, 3.8) is 0 Å². The summed E-state index contributed by atoms with van der Waals surface area (Å²) in [6.45, 7) is 11.0. The van der Waals surface area contributed by atoms with E-state index < -0.39 is 0 Å². The predicted octanol–water partition coefficient (Wildman–Crippen LogP) is 5.46. The molecule has 0 saturated heterocycles. The number of esters is 1. The van der Waals surface area contributed by atoms with Gasteiger partial charge >= 0.3 is 5.97 Å². The number of halogens is 1. The summed E-state index contributed by atoms with van der Waals surface area (Å²) >= 11 is 6.35. The Hall–Kier alpha value is -2.90. The van der Waals surface area contributed by atoms with Crippen LogP contribution in [0.4, 0.5) is 0 Å². The molecule has 0 N–H and O–H groups in total. The third-order valence-electron chi connectivity index (χ3n) is 5.25. The maximum atomic E-state index is 11.7. The molecule has 0 bridgehead atoms. The summed E-state index contributed by atoms with van der Waals surface area (Å²) in [6, 6.07) is 9.43. The van der Waals surface area contributed by atoms with Crippen LogP contribution in [0, 0.1) is 13.8 Å². The average molecular weight is 472 g/mol. The number of hydrogen-bond donors (Lipinski definition) is 0. The van der Waals surface area contributed by atoms with Crippen LogP contribution in [0.5, 0.6) is 5.75 Å². The van der Waals surface area contributed by atoms with E-state index in [-0.39, 0.29) is 18.6 Å². The first-order valence-corrected chi connectivity index (χ1v) is 11.3. The summed E-state index contributed by atoms with van der Waals surface area (Å²) < 4.78 is 16.2. The summed E-state index contributed by atoms with van der Waals surface area (Å²) in [5.41, 5.74) is 4.92. The molecule has 8 heteroatoms. The normalized spacial score (nSPS) is 11.3. The number of aromatic nitrogens is 2. The summed E-state index contributed by atoms with van der Waals surface area (Å²) in [4.78, 5) is 18.3. The predicted molar refractivity (Wildman–Crippen MR) is 128 cm³/mol. The molecule has 1 aromatic heterocycles. The van der Waals surface area contributed by atoms with E-state index in [1.807, 2.05) is 50.9 Å². The van der Waals surface area contributed by atoms with Gasteiger partial charge in [0, 0.05) is 17.7 Å². The van der Waals surface area contributed by atoms with E-state index in [1.165, 1.54) is 0 Å². The standard InChI is InChI=1S/C25H30ClN3O4/c1-7-31-23(30)14-29(6)13-19-8-10-20(17(5)16(19)4)24-27-25(33-28-24)18-9-11-22(21(26)12-18)32-15(2)3/h8-12,15H,7,13-14H2,1-6H3.